The van der Waals surface area contributed by atoms with E-state index in [-0.39, 0.29) is 11.6 Å². The lowest BCUT2D eigenvalue weighted by Gasteiger charge is -2.15. The number of pyridine rings is 2. The predicted octanol–water partition coefficient (Wildman–Crippen LogP) is 5.09. The number of hydrogen-bond donors (Lipinski definition) is 1. The molecule has 0 spiro atoms. The van der Waals surface area contributed by atoms with Crippen LogP contribution in [0, 0.1) is 6.92 Å². The minimum atomic E-state index is -0.444. The van der Waals surface area contributed by atoms with Crippen LogP contribution in [-0.4, -0.2) is 20.0 Å². The molecule has 0 aliphatic heterocycles. The molecule has 0 fully saturated rings. The van der Waals surface area contributed by atoms with E-state index in [4.69, 9.17) is 5.73 Å². The van der Waals surface area contributed by atoms with Gasteiger partial charge in [0.1, 0.15) is 0 Å². The molecule has 0 aliphatic carbocycles. The number of carbonyl (C=O) groups is 1. The van der Waals surface area contributed by atoms with E-state index in [1.54, 1.807) is 29.9 Å². The third-order valence-electron chi connectivity index (χ3n) is 6.54. The van der Waals surface area contributed by atoms with E-state index in [0.717, 1.165) is 38.9 Å². The quantitative estimate of drug-likeness (QED) is 0.395. The largest absolute Gasteiger partial charge is 0.366 e. The average Bonchev–Trinajstić information content (AvgIpc) is 3.26. The maximum Gasteiger partial charge on any atom is 0.253 e. The molecule has 6 heteroatoms. The van der Waals surface area contributed by atoms with E-state index in [1.165, 1.54) is 0 Å². The van der Waals surface area contributed by atoms with Crippen molar-refractivity contribution in [2.45, 2.75) is 19.9 Å². The number of nitrogens with two attached hydrogens (primary N) is 1. The van der Waals surface area contributed by atoms with Gasteiger partial charge in [-0.05, 0) is 66.9 Å². The van der Waals surface area contributed by atoms with Crippen molar-refractivity contribution in [2.24, 2.45) is 12.8 Å². The number of aromatic nitrogens is 3. The number of nitrogens with zero attached hydrogens (tertiary/aromatic N) is 3. The smallest absolute Gasteiger partial charge is 0.253 e. The first-order chi connectivity index (χ1) is 16.8. The molecule has 5 aromatic rings. The summed E-state index contributed by atoms with van der Waals surface area (Å²) in [6.07, 6.45) is 5.81. The molecule has 2 N–H and O–H groups in total. The highest BCUT2D eigenvalue weighted by Crippen LogP contribution is 2.36. The Balaban J connectivity index is 1.72. The Bertz CT molecular complexity index is 1590. The number of primary amides is 1. The van der Waals surface area contributed by atoms with Crippen molar-refractivity contribution in [1.82, 2.24) is 14.1 Å². The standard InChI is InChI=1S/C29H26N4O2/c1-18-14-23(16-32(3)29(18)35)22-11-12-24-25(20-7-9-21(10-8-20)28(30)34)17-33(27(24)15-22)19(2)26-6-4-5-13-31-26/h4-17,19H,1-3H3,(H2,30,34)/t19-/m0/s1. The molecule has 3 heterocycles. The van der Waals surface area contributed by atoms with Crippen LogP contribution in [0.15, 0.2) is 90.1 Å². The molecule has 0 bridgehead atoms. The van der Waals surface area contributed by atoms with Crippen LogP contribution < -0.4 is 11.3 Å². The minimum Gasteiger partial charge on any atom is -0.366 e. The van der Waals surface area contributed by atoms with Crippen LogP contribution in [0.5, 0.6) is 0 Å². The van der Waals surface area contributed by atoms with Gasteiger partial charge in [0.15, 0.2) is 0 Å². The van der Waals surface area contributed by atoms with E-state index in [2.05, 4.69) is 40.9 Å². The maximum atomic E-state index is 12.2. The Morgan fingerprint density at radius 3 is 2.34 bits per heavy atom. The summed E-state index contributed by atoms with van der Waals surface area (Å²) in [5.74, 6) is -0.444. The van der Waals surface area contributed by atoms with E-state index in [9.17, 15) is 9.59 Å². The minimum absolute atomic E-state index is 0.00340. The fraction of sp³-hybridized carbons (Fsp3) is 0.138. The molecule has 6 nitrogen and oxygen atoms in total. The van der Waals surface area contributed by atoms with Crippen LogP contribution >= 0.6 is 0 Å². The van der Waals surface area contributed by atoms with Crippen molar-refractivity contribution in [1.29, 1.82) is 0 Å². The summed E-state index contributed by atoms with van der Waals surface area (Å²) >= 11 is 0. The van der Waals surface area contributed by atoms with Crippen LogP contribution in [0.2, 0.25) is 0 Å². The molecule has 0 aliphatic rings. The van der Waals surface area contributed by atoms with Crippen molar-refractivity contribution in [3.05, 3.63) is 112 Å². The van der Waals surface area contributed by atoms with Crippen LogP contribution in [0.4, 0.5) is 0 Å². The number of carbonyl (C=O) groups excluding carboxylic acids is 1. The van der Waals surface area contributed by atoms with Crippen molar-refractivity contribution >= 4 is 16.8 Å². The fourth-order valence-corrected chi connectivity index (χ4v) is 4.60. The van der Waals surface area contributed by atoms with Crippen molar-refractivity contribution in [2.75, 3.05) is 0 Å². The first kappa shape index (κ1) is 22.3. The molecule has 3 aromatic heterocycles. The van der Waals surface area contributed by atoms with Crippen LogP contribution in [0.3, 0.4) is 0 Å². The van der Waals surface area contributed by atoms with Gasteiger partial charge in [0, 0.05) is 53.2 Å². The molecule has 2 aromatic carbocycles. The zero-order valence-electron chi connectivity index (χ0n) is 19.9. The summed E-state index contributed by atoms with van der Waals surface area (Å²) < 4.78 is 3.85. The summed E-state index contributed by atoms with van der Waals surface area (Å²) in [5, 5.41) is 1.09. The van der Waals surface area contributed by atoms with E-state index >= 15 is 0 Å². The van der Waals surface area contributed by atoms with Gasteiger partial charge < -0.3 is 14.9 Å². The molecule has 0 saturated heterocycles. The van der Waals surface area contributed by atoms with E-state index < -0.39 is 5.91 Å². The van der Waals surface area contributed by atoms with Gasteiger partial charge in [-0.3, -0.25) is 14.6 Å². The first-order valence-electron chi connectivity index (χ1n) is 11.5. The van der Waals surface area contributed by atoms with E-state index in [1.807, 2.05) is 49.5 Å². The molecular weight excluding hydrogens is 436 g/mol. The summed E-state index contributed by atoms with van der Waals surface area (Å²) in [7, 11) is 1.77. The molecule has 5 rings (SSSR count). The van der Waals surface area contributed by atoms with Crippen LogP contribution in [0.1, 0.15) is 34.6 Å². The van der Waals surface area contributed by atoms with Gasteiger partial charge in [-0.2, -0.15) is 0 Å². The number of fused-ring (bicyclic) bond motifs is 1. The molecule has 35 heavy (non-hydrogen) atoms. The Kier molecular flexibility index (Phi) is 5.57. The highest BCUT2D eigenvalue weighted by Gasteiger charge is 2.18. The second-order valence-corrected chi connectivity index (χ2v) is 8.88. The van der Waals surface area contributed by atoms with Crippen molar-refractivity contribution in [3.63, 3.8) is 0 Å². The molecule has 1 amide bonds. The second-order valence-electron chi connectivity index (χ2n) is 8.88. The van der Waals surface area contributed by atoms with Gasteiger partial charge in [-0.25, -0.2) is 0 Å². The fourth-order valence-electron chi connectivity index (χ4n) is 4.60. The topological polar surface area (TPSA) is 82.9 Å². The van der Waals surface area contributed by atoms with Crippen molar-refractivity contribution in [3.8, 4) is 22.3 Å². The lowest BCUT2D eigenvalue weighted by atomic mass is 10.00. The number of benzene rings is 2. The van der Waals surface area contributed by atoms with Gasteiger partial charge in [0.2, 0.25) is 5.91 Å². The Morgan fingerprint density at radius 1 is 0.943 bits per heavy atom. The van der Waals surface area contributed by atoms with Crippen LogP contribution in [0.25, 0.3) is 33.2 Å². The summed E-state index contributed by atoms with van der Waals surface area (Å²) in [6, 6.07) is 21.6. The molecule has 0 unspecified atom stereocenters. The molecule has 0 saturated carbocycles. The SMILES string of the molecule is Cc1cc(-c2ccc3c(-c4ccc(C(N)=O)cc4)cn([C@@H](C)c4ccccn4)c3c2)cn(C)c1=O. The summed E-state index contributed by atoms with van der Waals surface area (Å²) in [5.41, 5.74) is 12.7. The average molecular weight is 463 g/mol. The van der Waals surface area contributed by atoms with Crippen molar-refractivity contribution < 1.29 is 4.79 Å². The van der Waals surface area contributed by atoms with Crippen LogP contribution in [-0.2, 0) is 7.05 Å². The van der Waals surface area contributed by atoms with Gasteiger partial charge in [0.05, 0.1) is 11.7 Å². The predicted molar refractivity (Wildman–Crippen MR) is 139 cm³/mol. The maximum absolute atomic E-state index is 12.2. The third-order valence-corrected chi connectivity index (χ3v) is 6.54. The Labute approximate surface area is 203 Å². The highest BCUT2D eigenvalue weighted by molar-refractivity contribution is 5.99. The lowest BCUT2D eigenvalue weighted by Crippen LogP contribution is -2.18. The summed E-state index contributed by atoms with van der Waals surface area (Å²) in [4.78, 5) is 28.3. The molecule has 1 atom stereocenters. The first-order valence-corrected chi connectivity index (χ1v) is 11.5. The van der Waals surface area contributed by atoms with Gasteiger partial charge in [0.25, 0.3) is 5.56 Å². The van der Waals surface area contributed by atoms with Gasteiger partial charge in [-0.1, -0.05) is 30.3 Å². The number of amides is 1. The van der Waals surface area contributed by atoms with E-state index in [0.29, 0.717) is 11.1 Å². The van der Waals surface area contributed by atoms with Gasteiger partial charge in [-0.15, -0.1) is 0 Å². The summed E-state index contributed by atoms with van der Waals surface area (Å²) in [6.45, 7) is 3.97. The molecule has 174 valence electrons. The molecular formula is C29H26N4O2. The zero-order valence-corrected chi connectivity index (χ0v) is 19.9. The monoisotopic (exact) mass is 462 g/mol. The number of aryl methyl sites for hydroxylation is 2. The second kappa shape index (κ2) is 8.72. The van der Waals surface area contributed by atoms with Gasteiger partial charge >= 0.3 is 0 Å². The lowest BCUT2D eigenvalue weighted by molar-refractivity contribution is 0.100. The Hall–Kier alpha value is -4.45. The third kappa shape index (κ3) is 4.04. The zero-order chi connectivity index (χ0) is 24.7. The molecule has 0 radical (unpaired) electrons. The number of rotatable bonds is 5. The number of hydrogen-bond acceptors (Lipinski definition) is 3. The highest BCUT2D eigenvalue weighted by atomic mass is 16.1. The Morgan fingerprint density at radius 2 is 1.69 bits per heavy atom. The normalized spacial score (nSPS) is 12.1.